The Kier molecular flexibility index (Phi) is 7.82. The van der Waals surface area contributed by atoms with Crippen LogP contribution in [0.1, 0.15) is 86.7 Å². The zero-order valence-corrected chi connectivity index (χ0v) is 20.0. The molecule has 0 bridgehead atoms. The Hall–Kier alpha value is -1.84. The molecule has 2 heterocycles. The van der Waals surface area contributed by atoms with Gasteiger partial charge in [-0.15, -0.1) is 11.3 Å². The number of anilines is 1. The third-order valence-corrected chi connectivity index (χ3v) is 7.32. The van der Waals surface area contributed by atoms with Gasteiger partial charge in [0, 0.05) is 24.0 Å². The van der Waals surface area contributed by atoms with Crippen LogP contribution in [0, 0.1) is 29.1 Å². The minimum atomic E-state index is -0.428. The molecule has 1 aromatic rings. The number of hydrogen-bond donors (Lipinski definition) is 1. The second-order valence-corrected chi connectivity index (χ2v) is 10.8. The van der Waals surface area contributed by atoms with Gasteiger partial charge in [0.25, 0.3) is 0 Å². The molecule has 170 valence electrons. The second-order valence-electron chi connectivity index (χ2n) is 9.78. The SMILES string of the molecule is COC(=O)c1sc(C#CC(C)(C)C)cc1N1C(=O)C(CCO)CC[C@H]1C1CCCCC1. The van der Waals surface area contributed by atoms with Crippen molar-refractivity contribution in [2.24, 2.45) is 17.3 Å². The molecule has 2 fully saturated rings. The van der Waals surface area contributed by atoms with Gasteiger partial charge in [0.1, 0.15) is 4.88 Å². The number of aliphatic hydroxyl groups excluding tert-OH is 1. The van der Waals surface area contributed by atoms with Gasteiger partial charge in [-0.3, -0.25) is 4.79 Å². The minimum Gasteiger partial charge on any atom is -0.465 e. The monoisotopic (exact) mass is 445 g/mol. The summed E-state index contributed by atoms with van der Waals surface area (Å²) >= 11 is 1.30. The van der Waals surface area contributed by atoms with Gasteiger partial charge < -0.3 is 14.7 Å². The summed E-state index contributed by atoms with van der Waals surface area (Å²) in [5.74, 6) is 6.25. The number of carbonyl (C=O) groups is 2. The normalized spacial score (nSPS) is 22.7. The van der Waals surface area contributed by atoms with Crippen molar-refractivity contribution >= 4 is 28.9 Å². The molecular formula is C25H35NO4S. The van der Waals surface area contributed by atoms with Crippen LogP contribution in [-0.2, 0) is 9.53 Å². The first-order valence-electron chi connectivity index (χ1n) is 11.4. The molecular weight excluding hydrogens is 410 g/mol. The van der Waals surface area contributed by atoms with Crippen LogP contribution in [-0.4, -0.2) is 36.7 Å². The van der Waals surface area contributed by atoms with E-state index in [2.05, 4.69) is 11.8 Å². The number of rotatable bonds is 5. The first-order valence-corrected chi connectivity index (χ1v) is 12.3. The van der Waals surface area contributed by atoms with E-state index in [4.69, 9.17) is 4.74 Å². The van der Waals surface area contributed by atoms with E-state index < -0.39 is 5.97 Å². The van der Waals surface area contributed by atoms with Crippen LogP contribution >= 0.6 is 11.3 Å². The lowest BCUT2D eigenvalue weighted by Crippen LogP contribution is -2.52. The molecule has 1 saturated heterocycles. The third kappa shape index (κ3) is 5.70. The molecule has 6 heteroatoms. The van der Waals surface area contributed by atoms with Crippen LogP contribution in [0.4, 0.5) is 5.69 Å². The van der Waals surface area contributed by atoms with Crippen molar-refractivity contribution in [2.75, 3.05) is 18.6 Å². The summed E-state index contributed by atoms with van der Waals surface area (Å²) in [5, 5.41) is 9.48. The lowest BCUT2D eigenvalue weighted by atomic mass is 9.77. The van der Waals surface area contributed by atoms with Crippen LogP contribution in [0.3, 0.4) is 0 Å². The number of aliphatic hydroxyl groups is 1. The van der Waals surface area contributed by atoms with Gasteiger partial charge in [-0.25, -0.2) is 4.79 Å². The summed E-state index contributed by atoms with van der Waals surface area (Å²) < 4.78 is 5.06. The predicted octanol–water partition coefficient (Wildman–Crippen LogP) is 5.01. The highest BCUT2D eigenvalue weighted by Crippen LogP contribution is 2.42. The van der Waals surface area contributed by atoms with Gasteiger partial charge >= 0.3 is 5.97 Å². The maximum absolute atomic E-state index is 13.6. The molecule has 1 N–H and O–H groups in total. The predicted molar refractivity (Wildman–Crippen MR) is 124 cm³/mol. The highest BCUT2D eigenvalue weighted by atomic mass is 32.1. The Morgan fingerprint density at radius 2 is 1.94 bits per heavy atom. The van der Waals surface area contributed by atoms with Crippen molar-refractivity contribution in [3.63, 3.8) is 0 Å². The molecule has 1 aliphatic heterocycles. The Balaban J connectivity index is 2.05. The van der Waals surface area contributed by atoms with Crippen molar-refractivity contribution in [3.8, 4) is 11.8 Å². The second kappa shape index (κ2) is 10.2. The van der Waals surface area contributed by atoms with Crippen molar-refractivity contribution in [3.05, 3.63) is 15.8 Å². The summed E-state index contributed by atoms with van der Waals surface area (Å²) in [5.41, 5.74) is 0.478. The topological polar surface area (TPSA) is 66.8 Å². The Bertz CT molecular complexity index is 851. The third-order valence-electron chi connectivity index (χ3n) is 6.30. The van der Waals surface area contributed by atoms with E-state index in [0.29, 0.717) is 22.9 Å². The summed E-state index contributed by atoms with van der Waals surface area (Å²) in [7, 11) is 1.37. The number of nitrogens with zero attached hydrogens (tertiary/aromatic N) is 1. The highest BCUT2D eigenvalue weighted by molar-refractivity contribution is 7.15. The number of hydrogen-bond acceptors (Lipinski definition) is 5. The molecule has 5 nitrogen and oxygen atoms in total. The zero-order valence-electron chi connectivity index (χ0n) is 19.2. The van der Waals surface area contributed by atoms with E-state index in [9.17, 15) is 14.7 Å². The van der Waals surface area contributed by atoms with Crippen LogP contribution < -0.4 is 4.90 Å². The van der Waals surface area contributed by atoms with Crippen LogP contribution in [0.25, 0.3) is 0 Å². The fourth-order valence-electron chi connectivity index (χ4n) is 4.78. The molecule has 2 atom stereocenters. The summed E-state index contributed by atoms with van der Waals surface area (Å²) in [4.78, 5) is 29.3. The molecule has 1 aliphatic carbocycles. The Labute approximate surface area is 190 Å². The van der Waals surface area contributed by atoms with Crippen LogP contribution in [0.15, 0.2) is 6.07 Å². The van der Waals surface area contributed by atoms with Gasteiger partial charge in [0.15, 0.2) is 0 Å². The van der Waals surface area contributed by atoms with Gasteiger partial charge in [-0.2, -0.15) is 0 Å². The van der Waals surface area contributed by atoms with Crippen molar-refractivity contribution in [2.45, 2.75) is 78.2 Å². The quantitative estimate of drug-likeness (QED) is 0.511. The van der Waals surface area contributed by atoms with Gasteiger partial charge in [0.2, 0.25) is 5.91 Å². The molecule has 31 heavy (non-hydrogen) atoms. The van der Waals surface area contributed by atoms with Crippen LogP contribution in [0.2, 0.25) is 0 Å². The fourth-order valence-corrected chi connectivity index (χ4v) is 5.70. The Morgan fingerprint density at radius 3 is 2.55 bits per heavy atom. The molecule has 1 aromatic heterocycles. The van der Waals surface area contributed by atoms with Crippen molar-refractivity contribution < 1.29 is 19.4 Å². The lowest BCUT2D eigenvalue weighted by molar-refractivity contribution is -0.125. The molecule has 1 saturated carbocycles. The molecule has 0 spiro atoms. The molecule has 1 unspecified atom stereocenters. The largest absolute Gasteiger partial charge is 0.465 e. The van der Waals surface area contributed by atoms with Crippen molar-refractivity contribution in [1.29, 1.82) is 0 Å². The van der Waals surface area contributed by atoms with E-state index in [-0.39, 0.29) is 29.9 Å². The lowest BCUT2D eigenvalue weighted by Gasteiger charge is -2.44. The highest BCUT2D eigenvalue weighted by Gasteiger charge is 2.41. The molecule has 0 aromatic carbocycles. The average Bonchev–Trinajstić information content (AvgIpc) is 3.17. The van der Waals surface area contributed by atoms with E-state index >= 15 is 0 Å². The first-order chi connectivity index (χ1) is 14.7. The van der Waals surface area contributed by atoms with Gasteiger partial charge in [-0.05, 0) is 64.9 Å². The number of amides is 1. The van der Waals surface area contributed by atoms with E-state index in [1.54, 1.807) is 0 Å². The average molecular weight is 446 g/mol. The number of methoxy groups -OCH3 is 1. The number of carbonyl (C=O) groups excluding carboxylic acids is 2. The van der Waals surface area contributed by atoms with Gasteiger partial charge in [-0.1, -0.05) is 31.1 Å². The standard InChI is InChI=1S/C25H35NO4S/c1-25(2,3)14-12-19-16-21(22(31-19)24(29)30-4)26-20(17-8-6-5-7-9-17)11-10-18(13-15-27)23(26)28/h16-18,20,27H,5-11,13,15H2,1-4H3/t18?,20-/m0/s1. The fraction of sp³-hybridized carbons (Fsp3) is 0.680. The maximum atomic E-state index is 13.6. The zero-order chi connectivity index (χ0) is 22.6. The summed E-state index contributed by atoms with van der Waals surface area (Å²) in [6.45, 7) is 6.13. The summed E-state index contributed by atoms with van der Waals surface area (Å²) in [6, 6.07) is 1.98. The number of piperidine rings is 1. The smallest absolute Gasteiger partial charge is 0.350 e. The first kappa shape index (κ1) is 23.8. The van der Waals surface area contributed by atoms with E-state index in [0.717, 1.165) is 30.6 Å². The minimum absolute atomic E-state index is 0.00581. The summed E-state index contributed by atoms with van der Waals surface area (Å²) in [6.07, 6.45) is 8.04. The molecule has 1 amide bonds. The Morgan fingerprint density at radius 1 is 1.23 bits per heavy atom. The van der Waals surface area contributed by atoms with Crippen molar-refractivity contribution in [1.82, 2.24) is 0 Å². The van der Waals surface area contributed by atoms with E-state index in [1.807, 2.05) is 31.7 Å². The van der Waals surface area contributed by atoms with Crippen LogP contribution in [0.5, 0.6) is 0 Å². The van der Waals surface area contributed by atoms with E-state index in [1.165, 1.54) is 37.7 Å². The molecule has 0 radical (unpaired) electrons. The molecule has 3 rings (SSSR count). The number of esters is 1. The molecule has 2 aliphatic rings. The van der Waals surface area contributed by atoms with Gasteiger partial charge in [0.05, 0.1) is 17.7 Å². The maximum Gasteiger partial charge on any atom is 0.350 e. The number of thiophene rings is 1. The number of ether oxygens (including phenoxy) is 1.